The lowest BCUT2D eigenvalue weighted by Crippen LogP contribution is -2.47. The fourth-order valence-corrected chi connectivity index (χ4v) is 5.40. The molecule has 1 atom stereocenters. The van der Waals surface area contributed by atoms with E-state index >= 15 is 0 Å². The Hall–Kier alpha value is -0.910. The van der Waals surface area contributed by atoms with Gasteiger partial charge in [-0.05, 0) is 63.9 Å². The van der Waals surface area contributed by atoms with E-state index in [-0.39, 0.29) is 0 Å². The number of carbonyl (C=O) groups is 1. The van der Waals surface area contributed by atoms with Gasteiger partial charge < -0.3 is 5.11 Å². The SMILES string of the molecule is CCCC1(C(=O)O)CCCN(Cc2ccc(CN3CCCC3)s2)C1. The first-order valence-corrected chi connectivity index (χ1v) is 10.2. The molecule has 134 valence electrons. The molecule has 3 heterocycles. The van der Waals surface area contributed by atoms with Crippen molar-refractivity contribution >= 4 is 17.3 Å². The summed E-state index contributed by atoms with van der Waals surface area (Å²) in [5.41, 5.74) is -0.525. The molecule has 0 amide bonds. The first-order chi connectivity index (χ1) is 11.6. The third-order valence-corrected chi connectivity index (χ3v) is 6.57. The van der Waals surface area contributed by atoms with Gasteiger partial charge in [0.05, 0.1) is 5.41 Å². The van der Waals surface area contributed by atoms with Crippen LogP contribution in [0.2, 0.25) is 0 Å². The minimum atomic E-state index is -0.602. The number of carboxylic acids is 1. The first-order valence-electron chi connectivity index (χ1n) is 9.37. The number of thiophene rings is 1. The average molecular weight is 351 g/mol. The van der Waals surface area contributed by atoms with Crippen molar-refractivity contribution in [3.63, 3.8) is 0 Å². The van der Waals surface area contributed by atoms with Gasteiger partial charge in [-0.1, -0.05) is 13.3 Å². The third-order valence-electron chi connectivity index (χ3n) is 5.51. The van der Waals surface area contributed by atoms with Gasteiger partial charge in [0.2, 0.25) is 0 Å². The van der Waals surface area contributed by atoms with E-state index in [4.69, 9.17) is 0 Å². The van der Waals surface area contributed by atoms with Gasteiger partial charge in [0.1, 0.15) is 0 Å². The summed E-state index contributed by atoms with van der Waals surface area (Å²) in [7, 11) is 0. The lowest BCUT2D eigenvalue weighted by Gasteiger charge is -2.39. The zero-order valence-corrected chi connectivity index (χ0v) is 15.6. The first kappa shape index (κ1) is 17.9. The number of hydrogen-bond donors (Lipinski definition) is 1. The lowest BCUT2D eigenvalue weighted by atomic mass is 9.76. The van der Waals surface area contributed by atoms with Crippen molar-refractivity contribution in [3.05, 3.63) is 21.9 Å². The number of hydrogen-bond acceptors (Lipinski definition) is 4. The van der Waals surface area contributed by atoms with E-state index in [1.165, 1.54) is 35.7 Å². The van der Waals surface area contributed by atoms with Crippen LogP contribution < -0.4 is 0 Å². The van der Waals surface area contributed by atoms with Crippen LogP contribution in [-0.4, -0.2) is 47.1 Å². The maximum Gasteiger partial charge on any atom is 0.310 e. The van der Waals surface area contributed by atoms with Crippen LogP contribution in [0.4, 0.5) is 0 Å². The summed E-state index contributed by atoms with van der Waals surface area (Å²) in [6.07, 6.45) is 6.24. The second-order valence-electron chi connectivity index (χ2n) is 7.50. The number of likely N-dealkylation sites (tertiary alicyclic amines) is 2. The molecule has 2 aliphatic rings. The summed E-state index contributed by atoms with van der Waals surface area (Å²) in [5.74, 6) is -0.602. The van der Waals surface area contributed by atoms with Gasteiger partial charge in [-0.3, -0.25) is 14.6 Å². The number of aliphatic carboxylic acids is 1. The van der Waals surface area contributed by atoms with Gasteiger partial charge in [-0.15, -0.1) is 11.3 Å². The Kier molecular flexibility index (Phi) is 5.95. The van der Waals surface area contributed by atoms with Crippen molar-refractivity contribution in [3.8, 4) is 0 Å². The molecule has 24 heavy (non-hydrogen) atoms. The minimum absolute atomic E-state index is 0.525. The highest BCUT2D eigenvalue weighted by molar-refractivity contribution is 7.11. The minimum Gasteiger partial charge on any atom is -0.481 e. The molecule has 0 saturated carbocycles. The Bertz CT molecular complexity index is 549. The Morgan fingerprint density at radius 2 is 1.75 bits per heavy atom. The van der Waals surface area contributed by atoms with Crippen LogP contribution in [0, 0.1) is 5.41 Å². The largest absolute Gasteiger partial charge is 0.481 e. The van der Waals surface area contributed by atoms with Crippen molar-refractivity contribution in [2.24, 2.45) is 5.41 Å². The molecule has 3 rings (SSSR count). The number of nitrogens with zero attached hydrogens (tertiary/aromatic N) is 2. The van der Waals surface area contributed by atoms with E-state index in [2.05, 4.69) is 28.9 Å². The Balaban J connectivity index is 1.59. The fraction of sp³-hybridized carbons (Fsp3) is 0.737. The van der Waals surface area contributed by atoms with Crippen molar-refractivity contribution in [1.82, 2.24) is 9.80 Å². The van der Waals surface area contributed by atoms with E-state index in [0.29, 0.717) is 6.54 Å². The molecule has 0 aliphatic carbocycles. The number of piperidine rings is 1. The van der Waals surface area contributed by atoms with Gasteiger partial charge in [0.25, 0.3) is 0 Å². The van der Waals surface area contributed by atoms with Crippen molar-refractivity contribution in [2.45, 2.75) is 58.5 Å². The van der Waals surface area contributed by atoms with Gasteiger partial charge in [-0.2, -0.15) is 0 Å². The molecule has 2 fully saturated rings. The van der Waals surface area contributed by atoms with E-state index in [0.717, 1.165) is 45.3 Å². The zero-order valence-electron chi connectivity index (χ0n) is 14.8. The lowest BCUT2D eigenvalue weighted by molar-refractivity contribution is -0.153. The molecule has 1 unspecified atom stereocenters. The summed E-state index contributed by atoms with van der Waals surface area (Å²) in [5, 5.41) is 9.74. The molecule has 1 aromatic rings. The van der Waals surface area contributed by atoms with Crippen LogP contribution in [0.25, 0.3) is 0 Å². The number of carboxylic acid groups (broad SMARTS) is 1. The second-order valence-corrected chi connectivity index (χ2v) is 8.75. The normalized spacial score (nSPS) is 26.0. The Labute approximate surface area is 149 Å². The molecular formula is C19H30N2O2S. The molecule has 0 aromatic carbocycles. The zero-order chi connectivity index (χ0) is 17.0. The predicted molar refractivity (Wildman–Crippen MR) is 98.3 cm³/mol. The Morgan fingerprint density at radius 3 is 2.38 bits per heavy atom. The molecule has 5 heteroatoms. The van der Waals surface area contributed by atoms with Crippen LogP contribution >= 0.6 is 11.3 Å². The summed E-state index contributed by atoms with van der Waals surface area (Å²) >= 11 is 1.90. The van der Waals surface area contributed by atoms with Crippen molar-refractivity contribution in [2.75, 3.05) is 26.2 Å². The highest BCUT2D eigenvalue weighted by Crippen LogP contribution is 2.36. The van der Waals surface area contributed by atoms with E-state index in [1.54, 1.807) is 0 Å². The maximum absolute atomic E-state index is 11.8. The second kappa shape index (κ2) is 7.98. The number of rotatable bonds is 7. The Morgan fingerprint density at radius 1 is 1.12 bits per heavy atom. The molecule has 2 saturated heterocycles. The van der Waals surface area contributed by atoms with E-state index in [9.17, 15) is 9.90 Å². The summed E-state index contributed by atoms with van der Waals surface area (Å²) in [6.45, 7) is 8.28. The van der Waals surface area contributed by atoms with Crippen molar-refractivity contribution < 1.29 is 9.90 Å². The van der Waals surface area contributed by atoms with Crippen molar-refractivity contribution in [1.29, 1.82) is 0 Å². The summed E-state index contributed by atoms with van der Waals surface area (Å²) in [4.78, 5) is 19.5. The molecular weight excluding hydrogens is 320 g/mol. The molecule has 2 aliphatic heterocycles. The van der Waals surface area contributed by atoms with E-state index in [1.807, 2.05) is 11.3 Å². The average Bonchev–Trinajstić information content (AvgIpc) is 3.20. The fourth-order valence-electron chi connectivity index (χ4n) is 4.30. The quantitative estimate of drug-likeness (QED) is 0.812. The van der Waals surface area contributed by atoms with E-state index < -0.39 is 11.4 Å². The standard InChI is InChI=1S/C19H30N2O2S/c1-2-8-19(18(22)23)9-5-12-21(15-19)14-17-7-6-16(24-17)13-20-10-3-4-11-20/h6-7H,2-5,8-15H2,1H3,(H,22,23). The smallest absolute Gasteiger partial charge is 0.310 e. The molecule has 1 aromatic heterocycles. The monoisotopic (exact) mass is 350 g/mol. The van der Waals surface area contributed by atoms with Crippen LogP contribution in [0.15, 0.2) is 12.1 Å². The van der Waals surface area contributed by atoms with Gasteiger partial charge in [-0.25, -0.2) is 0 Å². The summed E-state index contributed by atoms with van der Waals surface area (Å²) in [6, 6.07) is 4.51. The van der Waals surface area contributed by atoms with Crippen LogP contribution in [-0.2, 0) is 17.9 Å². The van der Waals surface area contributed by atoms with Crippen LogP contribution in [0.5, 0.6) is 0 Å². The van der Waals surface area contributed by atoms with Gasteiger partial charge in [0, 0.05) is 29.4 Å². The topological polar surface area (TPSA) is 43.8 Å². The van der Waals surface area contributed by atoms with Gasteiger partial charge in [0.15, 0.2) is 0 Å². The highest BCUT2D eigenvalue weighted by atomic mass is 32.1. The molecule has 4 nitrogen and oxygen atoms in total. The third kappa shape index (κ3) is 4.19. The molecule has 0 radical (unpaired) electrons. The highest BCUT2D eigenvalue weighted by Gasteiger charge is 2.41. The van der Waals surface area contributed by atoms with Crippen LogP contribution in [0.1, 0.15) is 55.2 Å². The van der Waals surface area contributed by atoms with Crippen LogP contribution in [0.3, 0.4) is 0 Å². The summed E-state index contributed by atoms with van der Waals surface area (Å²) < 4.78 is 0. The molecule has 0 spiro atoms. The predicted octanol–water partition coefficient (Wildman–Crippen LogP) is 3.81. The maximum atomic E-state index is 11.8. The molecule has 1 N–H and O–H groups in total. The molecule has 0 bridgehead atoms. The van der Waals surface area contributed by atoms with Gasteiger partial charge >= 0.3 is 5.97 Å².